The molecule has 8 heteroatoms. The fraction of sp³-hybridized carbons (Fsp3) is 0.250. The third kappa shape index (κ3) is 5.87. The van der Waals surface area contributed by atoms with E-state index in [0.717, 1.165) is 11.4 Å². The first-order valence-electron chi connectivity index (χ1n) is 9.68. The first-order valence-corrected chi connectivity index (χ1v) is 9.68. The van der Waals surface area contributed by atoms with Crippen molar-refractivity contribution >= 4 is 23.8 Å². The van der Waals surface area contributed by atoms with Gasteiger partial charge < -0.3 is 19.3 Å². The summed E-state index contributed by atoms with van der Waals surface area (Å²) >= 11 is 0. The van der Waals surface area contributed by atoms with Crippen molar-refractivity contribution in [2.45, 2.75) is 0 Å². The van der Waals surface area contributed by atoms with E-state index in [4.69, 9.17) is 9.47 Å². The molecular weight excluding hydrogens is 404 g/mol. The Hall–Kier alpha value is -4.30. The van der Waals surface area contributed by atoms with Crippen molar-refractivity contribution in [3.05, 3.63) is 58.9 Å². The number of nitrogens with zero attached hydrogens (tertiary/aromatic N) is 6. The van der Waals surface area contributed by atoms with E-state index in [1.807, 2.05) is 86.5 Å². The predicted octanol–water partition coefficient (Wildman–Crippen LogP) is 3.63. The highest BCUT2D eigenvalue weighted by Crippen LogP contribution is 2.25. The van der Waals surface area contributed by atoms with Crippen LogP contribution < -0.4 is 19.3 Å². The van der Waals surface area contributed by atoms with Gasteiger partial charge in [0.25, 0.3) is 0 Å². The number of rotatable bonds is 8. The fourth-order valence-electron chi connectivity index (χ4n) is 2.72. The summed E-state index contributed by atoms with van der Waals surface area (Å²) in [5.41, 5.74) is 3.07. The van der Waals surface area contributed by atoms with E-state index in [1.54, 1.807) is 14.2 Å². The lowest BCUT2D eigenvalue weighted by molar-refractivity contribution is 0.414. The van der Waals surface area contributed by atoms with Crippen molar-refractivity contribution in [2.24, 2.45) is 9.98 Å². The van der Waals surface area contributed by atoms with Gasteiger partial charge in [0.2, 0.25) is 0 Å². The minimum Gasteiger partial charge on any atom is -0.496 e. The van der Waals surface area contributed by atoms with Crippen LogP contribution in [0.4, 0.5) is 11.4 Å². The van der Waals surface area contributed by atoms with Crippen molar-refractivity contribution in [1.82, 2.24) is 0 Å². The Morgan fingerprint density at radius 1 is 0.750 bits per heavy atom. The number of nitriles is 2. The molecule has 0 saturated heterocycles. The van der Waals surface area contributed by atoms with Gasteiger partial charge in [-0.05, 0) is 24.3 Å². The summed E-state index contributed by atoms with van der Waals surface area (Å²) in [7, 11) is 10.8. The summed E-state index contributed by atoms with van der Waals surface area (Å²) in [5, 5.41) is 19.1. The van der Waals surface area contributed by atoms with Gasteiger partial charge in [0.05, 0.1) is 14.2 Å². The maximum Gasteiger partial charge on any atom is 0.176 e. The quantitative estimate of drug-likeness (QED) is 0.469. The summed E-state index contributed by atoms with van der Waals surface area (Å²) < 4.78 is 10.8. The van der Waals surface area contributed by atoms with E-state index in [2.05, 4.69) is 9.98 Å². The Morgan fingerprint density at radius 2 is 1.12 bits per heavy atom. The lowest BCUT2D eigenvalue weighted by Crippen LogP contribution is -2.09. The van der Waals surface area contributed by atoms with E-state index >= 15 is 0 Å². The molecule has 0 radical (unpaired) electrons. The molecule has 32 heavy (non-hydrogen) atoms. The van der Waals surface area contributed by atoms with E-state index in [0.29, 0.717) is 22.6 Å². The second kappa shape index (κ2) is 11.2. The Balaban J connectivity index is 2.39. The lowest BCUT2D eigenvalue weighted by atomic mass is 10.2. The molecule has 0 aromatic heterocycles. The molecule has 0 atom stereocenters. The highest BCUT2D eigenvalue weighted by molar-refractivity contribution is 5.87. The lowest BCUT2D eigenvalue weighted by Gasteiger charge is -2.14. The van der Waals surface area contributed by atoms with Crippen molar-refractivity contribution in [2.75, 3.05) is 52.2 Å². The molecule has 0 fully saturated rings. The van der Waals surface area contributed by atoms with Crippen LogP contribution in [-0.4, -0.2) is 54.8 Å². The summed E-state index contributed by atoms with van der Waals surface area (Å²) in [6, 6.07) is 15.1. The zero-order valence-electron chi connectivity index (χ0n) is 19.1. The number of allylic oxidation sites excluding steroid dienone is 2. The second-order valence-corrected chi connectivity index (χ2v) is 7.08. The molecule has 0 heterocycles. The topological polar surface area (TPSA) is 97.2 Å². The molecule has 0 saturated carbocycles. The molecule has 0 aliphatic heterocycles. The number of aliphatic imine (C=N–C) groups is 2. The van der Waals surface area contributed by atoms with Crippen LogP contribution in [0.5, 0.6) is 11.5 Å². The van der Waals surface area contributed by atoms with Gasteiger partial charge >= 0.3 is 0 Å². The van der Waals surface area contributed by atoms with Gasteiger partial charge in [-0.15, -0.1) is 0 Å². The third-order valence-electron chi connectivity index (χ3n) is 4.57. The molecule has 0 unspecified atom stereocenters. The molecule has 2 aromatic rings. The van der Waals surface area contributed by atoms with E-state index in [9.17, 15) is 10.5 Å². The van der Waals surface area contributed by atoms with Crippen molar-refractivity contribution in [3.8, 4) is 23.6 Å². The van der Waals surface area contributed by atoms with Crippen LogP contribution in [0.2, 0.25) is 0 Å². The molecule has 0 aliphatic carbocycles. The number of ether oxygens (including phenoxy) is 2. The minimum absolute atomic E-state index is 0.105. The molecule has 0 spiro atoms. The monoisotopic (exact) mass is 430 g/mol. The molecule has 2 rings (SSSR count). The zero-order chi connectivity index (χ0) is 23.7. The van der Waals surface area contributed by atoms with E-state index < -0.39 is 0 Å². The number of anilines is 2. The van der Waals surface area contributed by atoms with E-state index in [1.165, 1.54) is 12.4 Å². The van der Waals surface area contributed by atoms with Gasteiger partial charge in [-0.25, -0.2) is 9.98 Å². The molecule has 0 amide bonds. The Bertz CT molecular complexity index is 1040. The molecular formula is C24H26N6O2. The summed E-state index contributed by atoms with van der Waals surface area (Å²) in [5.74, 6) is 1.20. The molecule has 164 valence electrons. The average Bonchev–Trinajstić information content (AvgIpc) is 2.80. The maximum absolute atomic E-state index is 9.53. The third-order valence-corrected chi connectivity index (χ3v) is 4.57. The van der Waals surface area contributed by atoms with Crippen LogP contribution in [-0.2, 0) is 0 Å². The molecule has 2 aromatic carbocycles. The highest BCUT2D eigenvalue weighted by Gasteiger charge is 2.08. The Morgan fingerprint density at radius 3 is 1.41 bits per heavy atom. The standard InChI is InChI=1S/C24H26N6O2/c1-29(2)19-9-7-17(23(11-19)31-5)15-27-21(13-25)22(14-26)28-16-18-8-10-20(30(3)4)12-24(18)32-6/h7-12,15-16H,1-6H3/b22-21+,27-15?,28-16?. The van der Waals surface area contributed by atoms with Gasteiger partial charge in [0.1, 0.15) is 23.6 Å². The first kappa shape index (κ1) is 24.0. The summed E-state index contributed by atoms with van der Waals surface area (Å²) in [4.78, 5) is 12.3. The first-order chi connectivity index (χ1) is 15.3. The zero-order valence-corrected chi connectivity index (χ0v) is 19.1. The van der Waals surface area contributed by atoms with Gasteiger partial charge in [-0.2, -0.15) is 10.5 Å². The molecule has 0 bridgehead atoms. The van der Waals surface area contributed by atoms with Crippen LogP contribution in [0.1, 0.15) is 11.1 Å². The average molecular weight is 431 g/mol. The molecule has 0 aliphatic rings. The minimum atomic E-state index is -0.105. The van der Waals surface area contributed by atoms with Crippen molar-refractivity contribution in [3.63, 3.8) is 0 Å². The van der Waals surface area contributed by atoms with Crippen LogP contribution >= 0.6 is 0 Å². The number of hydrogen-bond acceptors (Lipinski definition) is 8. The Kier molecular flexibility index (Phi) is 8.38. The number of hydrogen-bond donors (Lipinski definition) is 0. The SMILES string of the molecule is COc1cc(N(C)C)ccc1C=N/C(C#N)=C(\C#N)N=Cc1ccc(N(C)C)cc1OC. The smallest absolute Gasteiger partial charge is 0.176 e. The normalized spacial score (nSPS) is 11.6. The second-order valence-electron chi connectivity index (χ2n) is 7.08. The summed E-state index contributed by atoms with van der Waals surface area (Å²) in [6.45, 7) is 0. The van der Waals surface area contributed by atoms with Gasteiger partial charge in [-0.1, -0.05) is 0 Å². The van der Waals surface area contributed by atoms with Crippen LogP contribution in [0.25, 0.3) is 0 Å². The van der Waals surface area contributed by atoms with Crippen LogP contribution in [0.15, 0.2) is 57.8 Å². The highest BCUT2D eigenvalue weighted by atomic mass is 16.5. The van der Waals surface area contributed by atoms with Crippen LogP contribution in [0.3, 0.4) is 0 Å². The maximum atomic E-state index is 9.53. The predicted molar refractivity (Wildman–Crippen MR) is 128 cm³/mol. The van der Waals surface area contributed by atoms with Crippen molar-refractivity contribution in [1.29, 1.82) is 10.5 Å². The van der Waals surface area contributed by atoms with E-state index in [-0.39, 0.29) is 11.4 Å². The van der Waals surface area contributed by atoms with Crippen molar-refractivity contribution < 1.29 is 9.47 Å². The number of benzene rings is 2. The molecule has 8 nitrogen and oxygen atoms in total. The van der Waals surface area contributed by atoms with Crippen LogP contribution in [0, 0.1) is 22.7 Å². The fourth-order valence-corrected chi connectivity index (χ4v) is 2.72. The number of methoxy groups -OCH3 is 2. The summed E-state index contributed by atoms with van der Waals surface area (Å²) in [6.07, 6.45) is 2.96. The van der Waals surface area contributed by atoms with Gasteiger partial charge in [0, 0.05) is 75.3 Å². The Labute approximate surface area is 189 Å². The molecule has 0 N–H and O–H groups in total. The van der Waals surface area contributed by atoms with Gasteiger partial charge in [0.15, 0.2) is 11.4 Å². The largest absolute Gasteiger partial charge is 0.496 e. The van der Waals surface area contributed by atoms with Gasteiger partial charge in [-0.3, -0.25) is 0 Å².